The van der Waals surface area contributed by atoms with Crippen molar-refractivity contribution in [2.45, 2.75) is 0 Å². The molecule has 2 N–H and O–H groups in total. The van der Waals surface area contributed by atoms with Gasteiger partial charge in [-0.1, -0.05) is 16.6 Å². The highest BCUT2D eigenvalue weighted by Gasteiger charge is 2.19. The summed E-state index contributed by atoms with van der Waals surface area (Å²) in [5.41, 5.74) is 2.97. The van der Waals surface area contributed by atoms with Crippen molar-refractivity contribution in [1.29, 1.82) is 0 Å². The van der Waals surface area contributed by atoms with Gasteiger partial charge in [0.15, 0.2) is 0 Å². The molecule has 124 valence electrons. The van der Waals surface area contributed by atoms with Crippen molar-refractivity contribution in [3.63, 3.8) is 0 Å². The standard InChI is InChI=1S/C17H13N5O2S/c1-24-11-8-6-10(7-9-11)14-15(25-22-21-14)16(23)20-17-18-12-4-2-3-5-13(12)19-17/h2-9H,1H3,(H2,18,19,20,23). The summed E-state index contributed by atoms with van der Waals surface area (Å²) in [6, 6.07) is 14.9. The maximum atomic E-state index is 12.6. The van der Waals surface area contributed by atoms with Crippen LogP contribution in [-0.2, 0) is 0 Å². The van der Waals surface area contributed by atoms with Crippen LogP contribution < -0.4 is 10.1 Å². The van der Waals surface area contributed by atoms with Crippen molar-refractivity contribution >= 4 is 34.4 Å². The molecule has 25 heavy (non-hydrogen) atoms. The molecule has 8 heteroatoms. The van der Waals surface area contributed by atoms with Crippen molar-refractivity contribution in [2.75, 3.05) is 12.4 Å². The van der Waals surface area contributed by atoms with Crippen LogP contribution in [0.15, 0.2) is 48.5 Å². The number of amides is 1. The molecule has 0 saturated heterocycles. The first-order valence-electron chi connectivity index (χ1n) is 7.47. The van der Waals surface area contributed by atoms with Crippen LogP contribution in [0, 0.1) is 0 Å². The van der Waals surface area contributed by atoms with Crippen LogP contribution >= 0.6 is 11.5 Å². The average molecular weight is 351 g/mol. The minimum atomic E-state index is -0.306. The highest BCUT2D eigenvalue weighted by Crippen LogP contribution is 2.26. The number of imidazole rings is 1. The summed E-state index contributed by atoms with van der Waals surface area (Å²) < 4.78 is 9.06. The molecule has 4 rings (SSSR count). The lowest BCUT2D eigenvalue weighted by molar-refractivity contribution is 0.103. The summed E-state index contributed by atoms with van der Waals surface area (Å²) in [7, 11) is 1.60. The van der Waals surface area contributed by atoms with Crippen LogP contribution in [0.25, 0.3) is 22.3 Å². The van der Waals surface area contributed by atoms with Crippen LogP contribution in [0.1, 0.15) is 9.67 Å². The third kappa shape index (κ3) is 2.94. The Morgan fingerprint density at radius 2 is 1.96 bits per heavy atom. The van der Waals surface area contributed by atoms with Crippen molar-refractivity contribution in [3.05, 3.63) is 53.4 Å². The van der Waals surface area contributed by atoms with Gasteiger partial charge in [0.2, 0.25) is 5.95 Å². The summed E-state index contributed by atoms with van der Waals surface area (Å²) in [4.78, 5) is 20.4. The van der Waals surface area contributed by atoms with E-state index >= 15 is 0 Å². The third-order valence-corrected chi connectivity index (χ3v) is 4.40. The molecular formula is C17H13N5O2S. The van der Waals surface area contributed by atoms with Gasteiger partial charge in [-0.2, -0.15) is 0 Å². The zero-order valence-corrected chi connectivity index (χ0v) is 14.0. The number of benzene rings is 2. The molecule has 0 saturated carbocycles. The lowest BCUT2D eigenvalue weighted by Crippen LogP contribution is -2.12. The number of nitrogens with zero attached hydrogens (tertiary/aromatic N) is 3. The van der Waals surface area contributed by atoms with Gasteiger partial charge < -0.3 is 9.72 Å². The molecular weight excluding hydrogens is 338 g/mol. The zero-order chi connectivity index (χ0) is 17.2. The molecule has 2 aromatic carbocycles. The normalized spacial score (nSPS) is 10.8. The predicted molar refractivity (Wildman–Crippen MR) is 95.9 cm³/mol. The first kappa shape index (κ1) is 15.3. The smallest absolute Gasteiger partial charge is 0.272 e. The van der Waals surface area contributed by atoms with E-state index in [1.54, 1.807) is 7.11 Å². The van der Waals surface area contributed by atoms with Gasteiger partial charge in [-0.25, -0.2) is 4.98 Å². The van der Waals surface area contributed by atoms with Gasteiger partial charge >= 0.3 is 0 Å². The van der Waals surface area contributed by atoms with Crippen molar-refractivity contribution < 1.29 is 9.53 Å². The minimum absolute atomic E-state index is 0.306. The van der Waals surface area contributed by atoms with Gasteiger partial charge in [-0.15, -0.1) is 5.10 Å². The fourth-order valence-corrected chi connectivity index (χ4v) is 3.04. The van der Waals surface area contributed by atoms with E-state index in [1.165, 1.54) is 0 Å². The predicted octanol–water partition coefficient (Wildman–Crippen LogP) is 3.34. The van der Waals surface area contributed by atoms with Crippen LogP contribution in [0.2, 0.25) is 0 Å². The second-order valence-electron chi connectivity index (χ2n) is 5.24. The minimum Gasteiger partial charge on any atom is -0.497 e. The van der Waals surface area contributed by atoms with Crippen molar-refractivity contribution in [3.8, 4) is 17.0 Å². The Balaban J connectivity index is 1.61. The molecule has 0 atom stereocenters. The van der Waals surface area contributed by atoms with Crippen LogP contribution in [0.5, 0.6) is 5.75 Å². The first-order valence-corrected chi connectivity index (χ1v) is 8.25. The zero-order valence-electron chi connectivity index (χ0n) is 13.2. The molecule has 0 spiro atoms. The number of hydrogen-bond acceptors (Lipinski definition) is 6. The maximum absolute atomic E-state index is 12.6. The number of carbonyl (C=O) groups is 1. The van der Waals surface area contributed by atoms with Gasteiger partial charge in [0.05, 0.1) is 18.1 Å². The maximum Gasteiger partial charge on any atom is 0.272 e. The lowest BCUT2D eigenvalue weighted by atomic mass is 10.1. The molecule has 0 aliphatic heterocycles. The Morgan fingerprint density at radius 3 is 2.72 bits per heavy atom. The molecule has 0 aliphatic carbocycles. The van der Waals surface area contributed by atoms with E-state index < -0.39 is 0 Å². The van der Waals surface area contributed by atoms with E-state index in [0.717, 1.165) is 33.9 Å². The number of fused-ring (bicyclic) bond motifs is 1. The second kappa shape index (κ2) is 6.33. The highest BCUT2D eigenvalue weighted by molar-refractivity contribution is 7.08. The highest BCUT2D eigenvalue weighted by atomic mass is 32.1. The molecule has 0 aliphatic rings. The van der Waals surface area contributed by atoms with Crippen LogP contribution in [-0.4, -0.2) is 32.6 Å². The number of aromatic amines is 1. The third-order valence-electron chi connectivity index (χ3n) is 3.68. The Morgan fingerprint density at radius 1 is 1.16 bits per heavy atom. The number of carbonyl (C=O) groups excluding carboxylic acids is 1. The fraction of sp³-hybridized carbons (Fsp3) is 0.0588. The van der Waals surface area contributed by atoms with Crippen LogP contribution in [0.3, 0.4) is 0 Å². The largest absolute Gasteiger partial charge is 0.497 e. The number of H-pyrrole nitrogens is 1. The van der Waals surface area contributed by atoms with E-state index in [1.807, 2.05) is 48.5 Å². The number of nitrogens with one attached hydrogen (secondary N) is 2. The number of hydrogen-bond donors (Lipinski definition) is 2. The number of anilines is 1. The number of rotatable bonds is 4. The Hall–Kier alpha value is -3.26. The number of para-hydroxylation sites is 2. The van der Waals surface area contributed by atoms with E-state index in [0.29, 0.717) is 16.5 Å². The number of aromatic nitrogens is 4. The summed E-state index contributed by atoms with van der Waals surface area (Å²) in [6.07, 6.45) is 0. The Labute approximate surface area is 146 Å². The van der Waals surface area contributed by atoms with Gasteiger partial charge in [-0.05, 0) is 47.9 Å². The second-order valence-corrected chi connectivity index (χ2v) is 5.99. The summed E-state index contributed by atoms with van der Waals surface area (Å²) in [5, 5.41) is 6.85. The topological polar surface area (TPSA) is 92.8 Å². The quantitative estimate of drug-likeness (QED) is 0.588. The van der Waals surface area contributed by atoms with E-state index in [4.69, 9.17) is 4.74 Å². The molecule has 2 heterocycles. The van der Waals surface area contributed by atoms with E-state index in [2.05, 4.69) is 24.9 Å². The number of methoxy groups -OCH3 is 1. The van der Waals surface area contributed by atoms with Gasteiger partial charge in [0, 0.05) is 5.56 Å². The summed E-state index contributed by atoms with van der Waals surface area (Å²) in [6.45, 7) is 0. The van der Waals surface area contributed by atoms with Crippen molar-refractivity contribution in [1.82, 2.24) is 19.6 Å². The molecule has 2 aromatic heterocycles. The monoisotopic (exact) mass is 351 g/mol. The molecule has 0 bridgehead atoms. The Bertz CT molecular complexity index is 1010. The SMILES string of the molecule is COc1ccc(-c2nnsc2C(=O)Nc2nc3ccccc3[nH]2)cc1. The van der Waals surface area contributed by atoms with Gasteiger partial charge in [0.1, 0.15) is 16.3 Å². The summed E-state index contributed by atoms with van der Waals surface area (Å²) >= 11 is 1.04. The lowest BCUT2D eigenvalue weighted by Gasteiger charge is -2.03. The molecule has 7 nitrogen and oxygen atoms in total. The van der Waals surface area contributed by atoms with E-state index in [-0.39, 0.29) is 5.91 Å². The van der Waals surface area contributed by atoms with Crippen molar-refractivity contribution in [2.24, 2.45) is 0 Å². The summed E-state index contributed by atoms with van der Waals surface area (Å²) in [5.74, 6) is 0.820. The average Bonchev–Trinajstić information content (AvgIpc) is 3.28. The fourth-order valence-electron chi connectivity index (χ4n) is 2.45. The number of ether oxygens (including phenoxy) is 1. The van der Waals surface area contributed by atoms with Gasteiger partial charge in [-0.3, -0.25) is 10.1 Å². The molecule has 0 unspecified atom stereocenters. The Kier molecular flexibility index (Phi) is 3.87. The molecule has 0 fully saturated rings. The van der Waals surface area contributed by atoms with Crippen LogP contribution in [0.4, 0.5) is 5.95 Å². The van der Waals surface area contributed by atoms with Gasteiger partial charge in [0.25, 0.3) is 5.91 Å². The van der Waals surface area contributed by atoms with E-state index in [9.17, 15) is 4.79 Å². The molecule has 4 aromatic rings. The first-order chi connectivity index (χ1) is 12.2. The molecule has 1 amide bonds. The molecule has 0 radical (unpaired) electrons.